The van der Waals surface area contributed by atoms with Gasteiger partial charge in [-0.3, -0.25) is 0 Å². The first-order valence-electron chi connectivity index (χ1n) is 7.97. The summed E-state index contributed by atoms with van der Waals surface area (Å²) >= 11 is 0. The lowest BCUT2D eigenvalue weighted by Crippen LogP contribution is -2.49. The number of hydrogen-bond acceptors (Lipinski definition) is 3. The molecule has 1 unspecified atom stereocenters. The quantitative estimate of drug-likeness (QED) is 0.568. The molecule has 0 rings (SSSR count). The predicted molar refractivity (Wildman–Crippen MR) is 84.6 cm³/mol. The van der Waals surface area contributed by atoms with E-state index in [0.29, 0.717) is 12.1 Å². The average molecular weight is 272 g/mol. The highest BCUT2D eigenvalue weighted by molar-refractivity contribution is 4.83. The summed E-state index contributed by atoms with van der Waals surface area (Å²) in [5, 5.41) is 13.0. The highest BCUT2D eigenvalue weighted by atomic mass is 16.3. The molecule has 0 aliphatic heterocycles. The van der Waals surface area contributed by atoms with Gasteiger partial charge in [0, 0.05) is 17.6 Å². The first-order valence-corrected chi connectivity index (χ1v) is 7.97. The Balaban J connectivity index is 3.99. The standard InChI is InChI=1S/C16H36N2O/c1-7-11-18(15(4)5)12-9-8-10-16(6,13-19)17-14(2)3/h14-15,17,19H,7-13H2,1-6H3. The molecule has 0 saturated carbocycles. The summed E-state index contributed by atoms with van der Waals surface area (Å²) in [4.78, 5) is 2.55. The van der Waals surface area contributed by atoms with E-state index in [-0.39, 0.29) is 12.1 Å². The van der Waals surface area contributed by atoms with Gasteiger partial charge in [-0.2, -0.15) is 0 Å². The van der Waals surface area contributed by atoms with E-state index in [0.717, 1.165) is 6.42 Å². The molecule has 0 fully saturated rings. The Kier molecular flexibility index (Phi) is 9.67. The fourth-order valence-electron chi connectivity index (χ4n) is 2.64. The Morgan fingerprint density at radius 3 is 2.16 bits per heavy atom. The lowest BCUT2D eigenvalue weighted by atomic mass is 9.94. The maximum Gasteiger partial charge on any atom is 0.0610 e. The number of rotatable bonds is 11. The van der Waals surface area contributed by atoms with Gasteiger partial charge in [-0.05, 0) is 53.1 Å². The van der Waals surface area contributed by atoms with E-state index < -0.39 is 0 Å². The summed E-state index contributed by atoms with van der Waals surface area (Å²) in [7, 11) is 0. The number of aliphatic hydroxyl groups excluding tert-OH is 1. The number of aliphatic hydroxyl groups is 1. The third-order valence-corrected chi connectivity index (χ3v) is 3.65. The molecule has 2 N–H and O–H groups in total. The van der Waals surface area contributed by atoms with Gasteiger partial charge < -0.3 is 15.3 Å². The van der Waals surface area contributed by atoms with Gasteiger partial charge in [0.1, 0.15) is 0 Å². The molecule has 0 aromatic heterocycles. The number of nitrogens with zero attached hydrogens (tertiary/aromatic N) is 1. The number of nitrogens with one attached hydrogen (secondary N) is 1. The van der Waals surface area contributed by atoms with Crippen molar-refractivity contribution in [2.75, 3.05) is 19.7 Å². The van der Waals surface area contributed by atoms with E-state index in [1.54, 1.807) is 0 Å². The van der Waals surface area contributed by atoms with Crippen LogP contribution in [0.5, 0.6) is 0 Å². The summed E-state index contributed by atoms with van der Waals surface area (Å²) in [6.07, 6.45) is 4.65. The molecule has 3 heteroatoms. The van der Waals surface area contributed by atoms with Crippen LogP contribution >= 0.6 is 0 Å². The van der Waals surface area contributed by atoms with Gasteiger partial charge in [-0.1, -0.05) is 27.2 Å². The molecular formula is C16H36N2O. The third kappa shape index (κ3) is 8.61. The molecule has 0 amide bonds. The molecule has 0 aliphatic rings. The van der Waals surface area contributed by atoms with Crippen LogP contribution in [0.4, 0.5) is 0 Å². The highest BCUT2D eigenvalue weighted by Crippen LogP contribution is 2.15. The Morgan fingerprint density at radius 2 is 1.74 bits per heavy atom. The number of unbranched alkanes of at least 4 members (excludes halogenated alkanes) is 1. The van der Waals surface area contributed by atoms with Crippen LogP contribution in [-0.2, 0) is 0 Å². The molecule has 0 spiro atoms. The summed E-state index contributed by atoms with van der Waals surface area (Å²) in [6, 6.07) is 1.06. The molecule has 0 saturated heterocycles. The van der Waals surface area contributed by atoms with Crippen LogP contribution in [0.3, 0.4) is 0 Å². The van der Waals surface area contributed by atoms with Crippen molar-refractivity contribution in [2.24, 2.45) is 0 Å². The molecule has 0 aromatic carbocycles. The molecule has 0 bridgehead atoms. The van der Waals surface area contributed by atoms with Gasteiger partial charge >= 0.3 is 0 Å². The van der Waals surface area contributed by atoms with Crippen molar-refractivity contribution in [3.8, 4) is 0 Å². The van der Waals surface area contributed by atoms with Crippen LogP contribution in [0.2, 0.25) is 0 Å². The van der Waals surface area contributed by atoms with E-state index in [4.69, 9.17) is 0 Å². The van der Waals surface area contributed by atoms with Crippen molar-refractivity contribution in [2.45, 2.75) is 84.8 Å². The van der Waals surface area contributed by atoms with E-state index >= 15 is 0 Å². The minimum Gasteiger partial charge on any atom is -0.394 e. The zero-order valence-corrected chi connectivity index (χ0v) is 14.0. The Hall–Kier alpha value is -0.120. The number of hydrogen-bond donors (Lipinski definition) is 2. The van der Waals surface area contributed by atoms with Gasteiger partial charge in [0.15, 0.2) is 0 Å². The molecular weight excluding hydrogens is 236 g/mol. The van der Waals surface area contributed by atoms with Crippen LogP contribution in [0.25, 0.3) is 0 Å². The molecule has 0 heterocycles. The van der Waals surface area contributed by atoms with Gasteiger partial charge in [0.05, 0.1) is 6.61 Å². The van der Waals surface area contributed by atoms with Crippen LogP contribution in [0, 0.1) is 0 Å². The van der Waals surface area contributed by atoms with Crippen LogP contribution in [-0.4, -0.2) is 47.3 Å². The maximum atomic E-state index is 9.54. The first-order chi connectivity index (χ1) is 8.84. The van der Waals surface area contributed by atoms with Crippen LogP contribution < -0.4 is 5.32 Å². The monoisotopic (exact) mass is 272 g/mol. The minimum atomic E-state index is -0.123. The second-order valence-electron chi connectivity index (χ2n) is 6.60. The first kappa shape index (κ1) is 18.9. The fraction of sp³-hybridized carbons (Fsp3) is 1.00. The molecule has 3 nitrogen and oxygen atoms in total. The summed E-state index contributed by atoms with van der Waals surface area (Å²) < 4.78 is 0. The maximum absolute atomic E-state index is 9.54. The molecule has 116 valence electrons. The van der Waals surface area contributed by atoms with Crippen molar-refractivity contribution in [1.82, 2.24) is 10.2 Å². The van der Waals surface area contributed by atoms with Crippen molar-refractivity contribution in [1.29, 1.82) is 0 Å². The fourth-order valence-corrected chi connectivity index (χ4v) is 2.64. The van der Waals surface area contributed by atoms with Crippen molar-refractivity contribution in [3.05, 3.63) is 0 Å². The smallest absolute Gasteiger partial charge is 0.0610 e. The molecule has 0 radical (unpaired) electrons. The van der Waals surface area contributed by atoms with Gasteiger partial charge in [0.25, 0.3) is 0 Å². The lowest BCUT2D eigenvalue weighted by Gasteiger charge is -2.32. The summed E-state index contributed by atoms with van der Waals surface area (Å²) in [5.74, 6) is 0. The second kappa shape index (κ2) is 9.73. The van der Waals surface area contributed by atoms with Gasteiger partial charge in [-0.15, -0.1) is 0 Å². The highest BCUT2D eigenvalue weighted by Gasteiger charge is 2.23. The Labute approximate surface area is 120 Å². The van der Waals surface area contributed by atoms with E-state index in [1.807, 2.05) is 0 Å². The lowest BCUT2D eigenvalue weighted by molar-refractivity contribution is 0.150. The molecule has 19 heavy (non-hydrogen) atoms. The Morgan fingerprint density at radius 1 is 1.11 bits per heavy atom. The summed E-state index contributed by atoms with van der Waals surface area (Å²) in [5.41, 5.74) is -0.123. The van der Waals surface area contributed by atoms with Crippen molar-refractivity contribution >= 4 is 0 Å². The minimum absolute atomic E-state index is 0.123. The largest absolute Gasteiger partial charge is 0.394 e. The average Bonchev–Trinajstić information content (AvgIpc) is 2.32. The zero-order valence-electron chi connectivity index (χ0n) is 14.0. The van der Waals surface area contributed by atoms with Crippen LogP contribution in [0.1, 0.15) is 67.2 Å². The van der Waals surface area contributed by atoms with E-state index in [9.17, 15) is 5.11 Å². The normalized spacial score (nSPS) is 15.5. The zero-order chi connectivity index (χ0) is 14.9. The molecule has 0 aromatic rings. The van der Waals surface area contributed by atoms with Crippen molar-refractivity contribution < 1.29 is 5.11 Å². The third-order valence-electron chi connectivity index (χ3n) is 3.65. The predicted octanol–water partition coefficient (Wildman–Crippen LogP) is 3.03. The molecule has 1 atom stereocenters. The summed E-state index contributed by atoms with van der Waals surface area (Å²) in [6.45, 7) is 15.8. The van der Waals surface area contributed by atoms with Gasteiger partial charge in [0.2, 0.25) is 0 Å². The molecule has 0 aliphatic carbocycles. The van der Waals surface area contributed by atoms with Crippen LogP contribution in [0.15, 0.2) is 0 Å². The second-order valence-corrected chi connectivity index (χ2v) is 6.60. The van der Waals surface area contributed by atoms with E-state index in [1.165, 1.54) is 32.4 Å². The van der Waals surface area contributed by atoms with Gasteiger partial charge in [-0.25, -0.2) is 0 Å². The SMILES string of the molecule is CCCN(CCCCC(C)(CO)NC(C)C)C(C)C. The Bertz CT molecular complexity index is 219. The topological polar surface area (TPSA) is 35.5 Å². The van der Waals surface area contributed by atoms with E-state index in [2.05, 4.69) is 51.8 Å². The van der Waals surface area contributed by atoms with Crippen molar-refractivity contribution in [3.63, 3.8) is 0 Å².